The second-order valence-electron chi connectivity index (χ2n) is 5.82. The third-order valence-electron chi connectivity index (χ3n) is 4.77. The number of hydrogen-bond donors (Lipinski definition) is 0. The molecule has 0 saturated carbocycles. The van der Waals surface area contributed by atoms with Crippen LogP contribution in [0.15, 0.2) is 12.2 Å². The average Bonchev–Trinajstić information content (AvgIpc) is 2.99. The number of nitrogens with zero attached hydrogens (tertiary/aromatic N) is 2. The molecular weight excluding hydrogens is 240 g/mol. The summed E-state index contributed by atoms with van der Waals surface area (Å²) in [5, 5.41) is 0. The van der Waals surface area contributed by atoms with E-state index in [2.05, 4.69) is 28.9 Å². The van der Waals surface area contributed by atoms with E-state index in [1.807, 2.05) is 0 Å². The molecule has 2 saturated heterocycles. The van der Waals surface area contributed by atoms with E-state index in [9.17, 15) is 4.79 Å². The Kier molecular flexibility index (Phi) is 3.89. The monoisotopic (exact) mass is 264 g/mol. The Hall–Kier alpha value is -0.870. The van der Waals surface area contributed by atoms with E-state index in [1.165, 1.54) is 0 Å². The molecule has 19 heavy (non-hydrogen) atoms. The molecule has 0 spiro atoms. The minimum absolute atomic E-state index is 0.205. The lowest BCUT2D eigenvalue weighted by Gasteiger charge is -2.47. The van der Waals surface area contributed by atoms with Gasteiger partial charge in [0.1, 0.15) is 0 Å². The maximum absolute atomic E-state index is 12.5. The molecule has 2 heterocycles. The highest BCUT2D eigenvalue weighted by Gasteiger charge is 2.38. The summed E-state index contributed by atoms with van der Waals surface area (Å²) in [5.74, 6) is 0.557. The first kappa shape index (κ1) is 13.1. The Balaban J connectivity index is 1.64. The van der Waals surface area contributed by atoms with E-state index in [0.717, 1.165) is 52.0 Å². The number of rotatable bonds is 2. The molecule has 3 aliphatic rings. The van der Waals surface area contributed by atoms with Crippen LogP contribution >= 0.6 is 0 Å². The molecule has 0 N–H and O–H groups in total. The number of morpholine rings is 1. The summed E-state index contributed by atoms with van der Waals surface area (Å²) >= 11 is 0. The number of allylic oxidation sites excluding steroid dienone is 2. The van der Waals surface area contributed by atoms with Gasteiger partial charge in [0.15, 0.2) is 0 Å². The number of carbonyl (C=O) groups is 1. The van der Waals surface area contributed by atoms with Crippen molar-refractivity contribution in [2.75, 3.05) is 32.8 Å². The number of piperidine rings is 1. The van der Waals surface area contributed by atoms with Crippen molar-refractivity contribution in [3.8, 4) is 0 Å². The third kappa shape index (κ3) is 2.56. The lowest BCUT2D eigenvalue weighted by atomic mass is 9.96. The van der Waals surface area contributed by atoms with E-state index in [-0.39, 0.29) is 5.92 Å². The maximum Gasteiger partial charge on any atom is 0.226 e. The minimum Gasteiger partial charge on any atom is -0.375 e. The molecule has 2 atom stereocenters. The topological polar surface area (TPSA) is 32.8 Å². The predicted molar refractivity (Wildman–Crippen MR) is 73.8 cm³/mol. The van der Waals surface area contributed by atoms with Crippen LogP contribution in [0.2, 0.25) is 0 Å². The summed E-state index contributed by atoms with van der Waals surface area (Å²) in [5.41, 5.74) is 0. The van der Waals surface area contributed by atoms with Crippen molar-refractivity contribution in [1.82, 2.24) is 9.80 Å². The molecule has 0 bridgehead atoms. The second-order valence-corrected chi connectivity index (χ2v) is 5.82. The van der Waals surface area contributed by atoms with Gasteiger partial charge >= 0.3 is 0 Å². The zero-order chi connectivity index (χ0) is 13.2. The SMILES string of the molecule is CCN1CCO[C@H]2CCN(C(=O)C3CC=CC3)C[C@H]21. The molecule has 106 valence electrons. The maximum atomic E-state index is 12.5. The standard InChI is InChI=1S/C15H24N2O2/c1-2-16-9-10-19-14-7-8-17(11-13(14)16)15(18)12-5-3-4-6-12/h3-4,12-14H,2,5-11H2,1H3/t13-,14+/m1/s1. The van der Waals surface area contributed by atoms with E-state index in [4.69, 9.17) is 4.74 Å². The zero-order valence-electron chi connectivity index (χ0n) is 11.8. The first-order chi connectivity index (χ1) is 9.29. The van der Waals surface area contributed by atoms with Crippen molar-refractivity contribution in [1.29, 1.82) is 0 Å². The van der Waals surface area contributed by atoms with E-state index >= 15 is 0 Å². The van der Waals surface area contributed by atoms with Crippen LogP contribution in [0.1, 0.15) is 26.2 Å². The van der Waals surface area contributed by atoms with Crippen molar-refractivity contribution in [3.63, 3.8) is 0 Å². The van der Waals surface area contributed by atoms with Gasteiger partial charge in [0.05, 0.1) is 18.8 Å². The molecule has 0 unspecified atom stereocenters. The van der Waals surface area contributed by atoms with Gasteiger partial charge in [-0.15, -0.1) is 0 Å². The number of likely N-dealkylation sites (tertiary alicyclic amines) is 1. The van der Waals surface area contributed by atoms with Gasteiger partial charge < -0.3 is 9.64 Å². The van der Waals surface area contributed by atoms with Crippen molar-refractivity contribution in [2.24, 2.45) is 5.92 Å². The van der Waals surface area contributed by atoms with Gasteiger partial charge in [0.2, 0.25) is 5.91 Å². The molecule has 2 fully saturated rings. The Labute approximate surface area is 115 Å². The van der Waals surface area contributed by atoms with Gasteiger partial charge in [-0.25, -0.2) is 0 Å². The third-order valence-corrected chi connectivity index (χ3v) is 4.77. The van der Waals surface area contributed by atoms with Crippen LogP contribution in [-0.2, 0) is 9.53 Å². The number of hydrogen-bond acceptors (Lipinski definition) is 3. The first-order valence-electron chi connectivity index (χ1n) is 7.59. The van der Waals surface area contributed by atoms with Gasteiger partial charge in [-0.05, 0) is 25.8 Å². The van der Waals surface area contributed by atoms with Crippen LogP contribution in [0, 0.1) is 5.92 Å². The number of likely N-dealkylation sites (N-methyl/N-ethyl adjacent to an activating group) is 1. The quantitative estimate of drug-likeness (QED) is 0.704. The normalized spacial score (nSPS) is 32.6. The molecule has 1 aliphatic carbocycles. The number of carbonyl (C=O) groups excluding carboxylic acids is 1. The van der Waals surface area contributed by atoms with Crippen LogP contribution in [-0.4, -0.2) is 60.6 Å². The minimum atomic E-state index is 0.205. The fourth-order valence-corrected chi connectivity index (χ4v) is 3.61. The fraction of sp³-hybridized carbons (Fsp3) is 0.800. The summed E-state index contributed by atoms with van der Waals surface area (Å²) < 4.78 is 5.88. The van der Waals surface area contributed by atoms with Crippen molar-refractivity contribution >= 4 is 5.91 Å². The van der Waals surface area contributed by atoms with E-state index in [1.54, 1.807) is 0 Å². The Bertz CT molecular complexity index is 355. The van der Waals surface area contributed by atoms with Crippen LogP contribution in [0.5, 0.6) is 0 Å². The van der Waals surface area contributed by atoms with Crippen molar-refractivity contribution in [2.45, 2.75) is 38.3 Å². The van der Waals surface area contributed by atoms with Gasteiger partial charge in [-0.1, -0.05) is 19.1 Å². The van der Waals surface area contributed by atoms with Crippen LogP contribution in [0.4, 0.5) is 0 Å². The molecule has 0 aromatic rings. The number of amides is 1. The average molecular weight is 264 g/mol. The summed E-state index contributed by atoms with van der Waals surface area (Å²) in [6.07, 6.45) is 7.45. The van der Waals surface area contributed by atoms with Crippen LogP contribution < -0.4 is 0 Å². The lowest BCUT2D eigenvalue weighted by molar-refractivity contribution is -0.146. The van der Waals surface area contributed by atoms with Gasteiger partial charge in [0.25, 0.3) is 0 Å². The molecule has 4 heteroatoms. The Morgan fingerprint density at radius 3 is 2.84 bits per heavy atom. The molecular formula is C15H24N2O2. The second kappa shape index (κ2) is 5.63. The smallest absolute Gasteiger partial charge is 0.226 e. The number of fused-ring (bicyclic) bond motifs is 1. The predicted octanol–water partition coefficient (Wildman–Crippen LogP) is 1.27. The largest absolute Gasteiger partial charge is 0.375 e. The molecule has 0 aromatic carbocycles. The van der Waals surface area contributed by atoms with Crippen LogP contribution in [0.3, 0.4) is 0 Å². The fourth-order valence-electron chi connectivity index (χ4n) is 3.61. The highest BCUT2D eigenvalue weighted by atomic mass is 16.5. The summed E-state index contributed by atoms with van der Waals surface area (Å²) in [7, 11) is 0. The van der Waals surface area contributed by atoms with Crippen molar-refractivity contribution in [3.05, 3.63) is 12.2 Å². The Morgan fingerprint density at radius 2 is 2.11 bits per heavy atom. The van der Waals surface area contributed by atoms with E-state index < -0.39 is 0 Å². The van der Waals surface area contributed by atoms with E-state index in [0.29, 0.717) is 18.1 Å². The molecule has 0 aromatic heterocycles. The lowest BCUT2D eigenvalue weighted by Crippen LogP contribution is -2.61. The molecule has 3 rings (SSSR count). The van der Waals surface area contributed by atoms with Gasteiger partial charge in [0, 0.05) is 25.6 Å². The molecule has 4 nitrogen and oxygen atoms in total. The zero-order valence-corrected chi connectivity index (χ0v) is 11.8. The molecule has 2 aliphatic heterocycles. The first-order valence-corrected chi connectivity index (χ1v) is 7.59. The van der Waals surface area contributed by atoms with Gasteiger partial charge in [-0.2, -0.15) is 0 Å². The summed E-state index contributed by atoms with van der Waals surface area (Å²) in [6, 6.07) is 0.408. The highest BCUT2D eigenvalue weighted by Crippen LogP contribution is 2.26. The highest BCUT2D eigenvalue weighted by molar-refractivity contribution is 5.79. The summed E-state index contributed by atoms with van der Waals surface area (Å²) in [4.78, 5) is 17.0. The van der Waals surface area contributed by atoms with Crippen LogP contribution in [0.25, 0.3) is 0 Å². The van der Waals surface area contributed by atoms with Crippen molar-refractivity contribution < 1.29 is 9.53 Å². The molecule has 1 amide bonds. The molecule has 0 radical (unpaired) electrons. The van der Waals surface area contributed by atoms with Gasteiger partial charge in [-0.3, -0.25) is 9.69 Å². The Morgan fingerprint density at radius 1 is 1.32 bits per heavy atom. The number of ether oxygens (including phenoxy) is 1. The summed E-state index contributed by atoms with van der Waals surface area (Å²) in [6.45, 7) is 6.82.